The first-order valence-electron chi connectivity index (χ1n) is 3.78. The molecule has 0 aliphatic carbocycles. The molecule has 0 fully saturated rings. The summed E-state index contributed by atoms with van der Waals surface area (Å²) in [6.45, 7) is 0. The molecule has 5 nitrogen and oxygen atoms in total. The number of aromatic amines is 1. The second kappa shape index (κ2) is 2.99. The van der Waals surface area contributed by atoms with Crippen LogP contribution in [0.3, 0.4) is 0 Å². The van der Waals surface area contributed by atoms with E-state index in [1.165, 1.54) is 12.1 Å². The largest absolute Gasteiger partial charge is 0.434 e. The molecule has 0 saturated heterocycles. The molecule has 0 atom stereocenters. The number of hydrogen-bond acceptors (Lipinski definition) is 4. The van der Waals surface area contributed by atoms with Gasteiger partial charge in [-0.1, -0.05) is 0 Å². The molecule has 0 bridgehead atoms. The fourth-order valence-corrected chi connectivity index (χ4v) is 1.05. The Kier molecular flexibility index (Phi) is 1.81. The van der Waals surface area contributed by atoms with Crippen LogP contribution in [-0.4, -0.2) is 10.2 Å². The van der Waals surface area contributed by atoms with Gasteiger partial charge in [-0.05, 0) is 18.2 Å². The molecule has 3 N–H and O–H groups in total. The summed E-state index contributed by atoms with van der Waals surface area (Å²) < 4.78 is 17.8. The maximum atomic E-state index is 13.2. The molecule has 2 rings (SSSR count). The number of nitrogens with two attached hydrogens (primary N) is 1. The van der Waals surface area contributed by atoms with Crippen LogP contribution in [0.1, 0.15) is 0 Å². The molecule has 1 aromatic heterocycles. The van der Waals surface area contributed by atoms with Crippen molar-refractivity contribution in [3.63, 3.8) is 0 Å². The fourth-order valence-electron chi connectivity index (χ4n) is 1.05. The Bertz CT molecular complexity index is 517. The summed E-state index contributed by atoms with van der Waals surface area (Å²) in [7, 11) is 0. The molecule has 0 saturated carbocycles. The zero-order chi connectivity index (χ0) is 10.1. The molecule has 1 aromatic carbocycles. The van der Waals surface area contributed by atoms with Crippen molar-refractivity contribution in [3.8, 4) is 11.5 Å². The van der Waals surface area contributed by atoms with Crippen LogP contribution in [0, 0.1) is 5.82 Å². The predicted molar refractivity (Wildman–Crippen MR) is 46.9 cm³/mol. The lowest BCUT2D eigenvalue weighted by atomic mass is 10.2. The van der Waals surface area contributed by atoms with Gasteiger partial charge in [-0.15, -0.1) is 5.10 Å². The highest BCUT2D eigenvalue weighted by Crippen LogP contribution is 2.20. The number of hydrogen-bond donors (Lipinski definition) is 2. The van der Waals surface area contributed by atoms with E-state index in [0.717, 1.165) is 6.07 Å². The number of nitrogens with zero attached hydrogens (tertiary/aromatic N) is 1. The molecule has 0 amide bonds. The summed E-state index contributed by atoms with van der Waals surface area (Å²) >= 11 is 0. The maximum Gasteiger partial charge on any atom is 0.434 e. The van der Waals surface area contributed by atoms with Gasteiger partial charge in [-0.25, -0.2) is 14.3 Å². The van der Waals surface area contributed by atoms with Crippen LogP contribution >= 0.6 is 0 Å². The monoisotopic (exact) mass is 195 g/mol. The summed E-state index contributed by atoms with van der Waals surface area (Å²) in [5, 5.41) is 5.53. The smallest absolute Gasteiger partial charge is 0.399 e. The highest BCUT2D eigenvalue weighted by atomic mass is 19.1. The standard InChI is InChI=1S/C8H6FN3O2/c9-6-3-4(10)1-2-5(6)7-11-12-8(13)14-7/h1-3H,10H2,(H,12,13). The van der Waals surface area contributed by atoms with Gasteiger partial charge < -0.3 is 10.2 Å². The van der Waals surface area contributed by atoms with Gasteiger partial charge in [0.2, 0.25) is 0 Å². The molecule has 0 radical (unpaired) electrons. The predicted octanol–water partition coefficient (Wildman–Crippen LogP) is 0.751. The van der Waals surface area contributed by atoms with Crippen molar-refractivity contribution in [2.45, 2.75) is 0 Å². The topological polar surface area (TPSA) is 84.9 Å². The quantitative estimate of drug-likeness (QED) is 0.657. The van der Waals surface area contributed by atoms with Gasteiger partial charge >= 0.3 is 5.76 Å². The van der Waals surface area contributed by atoms with Gasteiger partial charge in [0, 0.05) is 5.69 Å². The number of rotatable bonds is 1. The Balaban J connectivity index is 2.57. The van der Waals surface area contributed by atoms with E-state index in [4.69, 9.17) is 5.73 Å². The van der Waals surface area contributed by atoms with Crippen molar-refractivity contribution >= 4 is 5.69 Å². The normalized spacial score (nSPS) is 10.4. The minimum Gasteiger partial charge on any atom is -0.399 e. The summed E-state index contributed by atoms with van der Waals surface area (Å²) in [5.74, 6) is -1.40. The molecule has 0 spiro atoms. The molecule has 0 aliphatic rings. The third kappa shape index (κ3) is 1.37. The Morgan fingerprint density at radius 2 is 2.29 bits per heavy atom. The van der Waals surface area contributed by atoms with E-state index >= 15 is 0 Å². The molecule has 72 valence electrons. The average molecular weight is 195 g/mol. The number of nitrogens with one attached hydrogen (secondary N) is 1. The van der Waals surface area contributed by atoms with E-state index in [1.807, 2.05) is 5.10 Å². The SMILES string of the molecule is Nc1ccc(-c2n[nH]c(=O)o2)c(F)c1. The van der Waals surface area contributed by atoms with E-state index in [-0.39, 0.29) is 11.5 Å². The lowest BCUT2D eigenvalue weighted by Gasteiger charge is -1.97. The molecular formula is C8H6FN3O2. The third-order valence-corrected chi connectivity index (χ3v) is 1.66. The lowest BCUT2D eigenvalue weighted by molar-refractivity contribution is 0.521. The van der Waals surface area contributed by atoms with Crippen LogP contribution in [0.15, 0.2) is 27.4 Å². The lowest BCUT2D eigenvalue weighted by Crippen LogP contribution is -1.93. The minimum absolute atomic E-state index is 0.0903. The molecular weight excluding hydrogens is 189 g/mol. The summed E-state index contributed by atoms with van der Waals surface area (Å²) in [6, 6.07) is 4.01. The van der Waals surface area contributed by atoms with Gasteiger partial charge in [0.05, 0.1) is 5.56 Å². The van der Waals surface area contributed by atoms with Crippen LogP contribution in [0.25, 0.3) is 11.5 Å². The van der Waals surface area contributed by atoms with E-state index in [9.17, 15) is 9.18 Å². The first kappa shape index (κ1) is 8.49. The van der Waals surface area contributed by atoms with Crippen molar-refractivity contribution in [2.75, 3.05) is 5.73 Å². The van der Waals surface area contributed by atoms with Gasteiger partial charge in [-0.2, -0.15) is 0 Å². The molecule has 6 heteroatoms. The zero-order valence-corrected chi connectivity index (χ0v) is 6.95. The zero-order valence-electron chi connectivity index (χ0n) is 6.95. The van der Waals surface area contributed by atoms with Crippen LogP contribution in [0.4, 0.5) is 10.1 Å². The van der Waals surface area contributed by atoms with E-state index in [2.05, 4.69) is 9.52 Å². The summed E-state index contributed by atoms with van der Waals surface area (Å²) in [6.07, 6.45) is 0. The van der Waals surface area contributed by atoms with Gasteiger partial charge in [-0.3, -0.25) is 0 Å². The van der Waals surface area contributed by atoms with E-state index in [1.54, 1.807) is 0 Å². The van der Waals surface area contributed by atoms with Gasteiger partial charge in [0.1, 0.15) is 5.82 Å². The number of H-pyrrole nitrogens is 1. The maximum absolute atomic E-state index is 13.2. The molecule has 1 heterocycles. The number of aromatic nitrogens is 2. The number of nitrogen functional groups attached to an aromatic ring is 1. The van der Waals surface area contributed by atoms with Crippen LogP contribution < -0.4 is 11.5 Å². The second-order valence-corrected chi connectivity index (χ2v) is 2.66. The first-order chi connectivity index (χ1) is 6.66. The molecule has 2 aromatic rings. The first-order valence-corrected chi connectivity index (χ1v) is 3.78. The second-order valence-electron chi connectivity index (χ2n) is 2.66. The van der Waals surface area contributed by atoms with Crippen LogP contribution in [0.5, 0.6) is 0 Å². The van der Waals surface area contributed by atoms with Crippen LogP contribution in [-0.2, 0) is 0 Å². The third-order valence-electron chi connectivity index (χ3n) is 1.66. The molecule has 0 unspecified atom stereocenters. The van der Waals surface area contributed by atoms with Crippen molar-refractivity contribution in [3.05, 3.63) is 34.6 Å². The Morgan fingerprint density at radius 3 is 2.86 bits per heavy atom. The van der Waals surface area contributed by atoms with Crippen molar-refractivity contribution < 1.29 is 8.81 Å². The van der Waals surface area contributed by atoms with Crippen molar-refractivity contribution in [2.24, 2.45) is 0 Å². The van der Waals surface area contributed by atoms with Crippen molar-refractivity contribution in [1.82, 2.24) is 10.2 Å². The van der Waals surface area contributed by atoms with E-state index in [0.29, 0.717) is 5.69 Å². The highest BCUT2D eigenvalue weighted by Gasteiger charge is 2.10. The Morgan fingerprint density at radius 1 is 1.50 bits per heavy atom. The minimum atomic E-state index is -0.726. The Labute approximate surface area is 77.4 Å². The van der Waals surface area contributed by atoms with Crippen molar-refractivity contribution in [1.29, 1.82) is 0 Å². The average Bonchev–Trinajstić information content (AvgIpc) is 2.51. The molecule has 0 aliphatic heterocycles. The number of anilines is 1. The Hall–Kier alpha value is -2.11. The summed E-state index contributed by atoms with van der Waals surface area (Å²) in [4.78, 5) is 10.6. The highest BCUT2D eigenvalue weighted by molar-refractivity contribution is 5.57. The number of halogens is 1. The number of benzene rings is 1. The molecule has 14 heavy (non-hydrogen) atoms. The van der Waals surface area contributed by atoms with E-state index < -0.39 is 11.6 Å². The fraction of sp³-hybridized carbons (Fsp3) is 0. The van der Waals surface area contributed by atoms with Gasteiger partial charge in [0.25, 0.3) is 5.89 Å². The summed E-state index contributed by atoms with van der Waals surface area (Å²) in [5.41, 5.74) is 5.74. The van der Waals surface area contributed by atoms with Crippen LogP contribution in [0.2, 0.25) is 0 Å². The van der Waals surface area contributed by atoms with Gasteiger partial charge in [0.15, 0.2) is 0 Å².